The second-order valence-electron chi connectivity index (χ2n) is 4.15. The minimum absolute atomic E-state index is 0.147. The van der Waals surface area contributed by atoms with Gasteiger partial charge in [0.1, 0.15) is 6.33 Å². The van der Waals surface area contributed by atoms with Gasteiger partial charge in [0.15, 0.2) is 0 Å². The quantitative estimate of drug-likeness (QED) is 0.792. The Labute approximate surface area is 84.8 Å². The third-order valence-electron chi connectivity index (χ3n) is 2.99. The molecule has 0 aliphatic heterocycles. The van der Waals surface area contributed by atoms with Crippen molar-refractivity contribution in [2.45, 2.75) is 44.6 Å². The molecule has 0 bridgehead atoms. The Hall–Kier alpha value is -0.960. The van der Waals surface area contributed by atoms with Gasteiger partial charge in [-0.15, -0.1) is 0 Å². The van der Waals surface area contributed by atoms with Crippen LogP contribution in [0.2, 0.25) is 0 Å². The molecular weight excluding hydrogens is 174 g/mol. The van der Waals surface area contributed by atoms with Crippen LogP contribution < -0.4 is 5.73 Å². The second-order valence-corrected chi connectivity index (χ2v) is 4.15. The smallest absolute Gasteiger partial charge is 0.116 e. The Morgan fingerprint density at radius 3 is 2.79 bits per heavy atom. The lowest BCUT2D eigenvalue weighted by molar-refractivity contribution is 0.245. The lowest BCUT2D eigenvalue weighted by Crippen LogP contribution is -2.44. The molecule has 0 aromatic carbocycles. The van der Waals surface area contributed by atoms with E-state index in [0.29, 0.717) is 0 Å². The summed E-state index contributed by atoms with van der Waals surface area (Å²) in [5.74, 6) is 0. The molecule has 1 aromatic heterocycles. The Kier molecular flexibility index (Phi) is 2.50. The molecule has 0 unspecified atom stereocenters. The van der Waals surface area contributed by atoms with Crippen LogP contribution in [0.1, 0.15) is 44.0 Å². The highest BCUT2D eigenvalue weighted by Crippen LogP contribution is 2.37. The molecule has 14 heavy (non-hydrogen) atoms. The highest BCUT2D eigenvalue weighted by Gasteiger charge is 2.35. The summed E-state index contributed by atoms with van der Waals surface area (Å²) in [7, 11) is 0. The van der Waals surface area contributed by atoms with E-state index in [4.69, 9.17) is 5.73 Å². The highest BCUT2D eigenvalue weighted by molar-refractivity contribution is 5.20. The zero-order chi connectivity index (χ0) is 10.0. The first-order valence-electron chi connectivity index (χ1n) is 5.35. The van der Waals surface area contributed by atoms with Crippen LogP contribution in [0, 0.1) is 0 Å². The molecule has 0 amide bonds. The zero-order valence-electron chi connectivity index (χ0n) is 8.66. The minimum atomic E-state index is -0.147. The standard InChI is InChI=1S/C11H17N3/c1-2-4-9-7-10(14-8-13-9)11(12)5-3-6-11/h7-8H,2-6,12H2,1H3. The van der Waals surface area contributed by atoms with Gasteiger partial charge in [0.05, 0.1) is 11.2 Å². The zero-order valence-corrected chi connectivity index (χ0v) is 8.66. The van der Waals surface area contributed by atoms with E-state index in [-0.39, 0.29) is 5.54 Å². The second kappa shape index (κ2) is 3.65. The third kappa shape index (κ3) is 1.64. The molecule has 2 rings (SSSR count). The summed E-state index contributed by atoms with van der Waals surface area (Å²) >= 11 is 0. The topological polar surface area (TPSA) is 51.8 Å². The van der Waals surface area contributed by atoms with Crippen molar-refractivity contribution >= 4 is 0 Å². The molecule has 1 aliphatic carbocycles. The number of nitrogens with two attached hydrogens (primary N) is 1. The molecular formula is C11H17N3. The number of nitrogens with zero attached hydrogens (tertiary/aromatic N) is 2. The summed E-state index contributed by atoms with van der Waals surface area (Å²) < 4.78 is 0. The van der Waals surface area contributed by atoms with Crippen LogP contribution in [0.5, 0.6) is 0 Å². The van der Waals surface area contributed by atoms with Gasteiger partial charge in [-0.2, -0.15) is 0 Å². The predicted molar refractivity (Wildman–Crippen MR) is 55.7 cm³/mol. The fourth-order valence-electron chi connectivity index (χ4n) is 1.88. The largest absolute Gasteiger partial charge is 0.320 e. The molecule has 76 valence electrons. The van der Waals surface area contributed by atoms with Crippen LogP contribution in [-0.2, 0) is 12.0 Å². The van der Waals surface area contributed by atoms with Crippen LogP contribution in [0.3, 0.4) is 0 Å². The predicted octanol–water partition coefficient (Wildman–Crippen LogP) is 1.77. The van der Waals surface area contributed by atoms with Gasteiger partial charge in [0, 0.05) is 5.69 Å². The van der Waals surface area contributed by atoms with E-state index in [2.05, 4.69) is 23.0 Å². The van der Waals surface area contributed by atoms with E-state index < -0.39 is 0 Å². The summed E-state index contributed by atoms with van der Waals surface area (Å²) in [6.45, 7) is 2.16. The number of aromatic nitrogens is 2. The highest BCUT2D eigenvalue weighted by atomic mass is 14.9. The maximum absolute atomic E-state index is 6.20. The number of aryl methyl sites for hydroxylation is 1. The Balaban J connectivity index is 2.21. The fourth-order valence-corrected chi connectivity index (χ4v) is 1.88. The molecule has 0 spiro atoms. The van der Waals surface area contributed by atoms with Crippen molar-refractivity contribution in [3.63, 3.8) is 0 Å². The molecule has 1 aliphatic rings. The molecule has 1 aromatic rings. The van der Waals surface area contributed by atoms with Crippen molar-refractivity contribution in [2.75, 3.05) is 0 Å². The monoisotopic (exact) mass is 191 g/mol. The van der Waals surface area contributed by atoms with E-state index in [9.17, 15) is 0 Å². The van der Waals surface area contributed by atoms with Crippen LogP contribution in [0.4, 0.5) is 0 Å². The molecule has 1 saturated carbocycles. The fraction of sp³-hybridized carbons (Fsp3) is 0.636. The summed E-state index contributed by atoms with van der Waals surface area (Å²) in [6.07, 6.45) is 7.14. The summed E-state index contributed by atoms with van der Waals surface area (Å²) in [5.41, 5.74) is 8.20. The van der Waals surface area contributed by atoms with Crippen LogP contribution >= 0.6 is 0 Å². The normalized spacial score (nSPS) is 19.0. The molecule has 3 nitrogen and oxygen atoms in total. The molecule has 1 fully saturated rings. The first-order valence-corrected chi connectivity index (χ1v) is 5.35. The van der Waals surface area contributed by atoms with Gasteiger partial charge in [0.2, 0.25) is 0 Å². The van der Waals surface area contributed by atoms with Crippen molar-refractivity contribution in [3.05, 3.63) is 23.8 Å². The Bertz CT molecular complexity index is 318. The number of hydrogen-bond donors (Lipinski definition) is 1. The van der Waals surface area contributed by atoms with Gasteiger partial charge in [-0.05, 0) is 31.7 Å². The maximum Gasteiger partial charge on any atom is 0.116 e. The van der Waals surface area contributed by atoms with E-state index >= 15 is 0 Å². The van der Waals surface area contributed by atoms with Crippen molar-refractivity contribution in [1.29, 1.82) is 0 Å². The van der Waals surface area contributed by atoms with Crippen molar-refractivity contribution < 1.29 is 0 Å². The van der Waals surface area contributed by atoms with E-state index in [1.54, 1.807) is 6.33 Å². The van der Waals surface area contributed by atoms with Gasteiger partial charge in [0.25, 0.3) is 0 Å². The molecule has 2 N–H and O–H groups in total. The summed E-state index contributed by atoms with van der Waals surface area (Å²) in [6, 6.07) is 2.07. The first kappa shape index (κ1) is 9.59. The van der Waals surface area contributed by atoms with E-state index in [1.807, 2.05) is 0 Å². The molecule has 0 radical (unpaired) electrons. The summed E-state index contributed by atoms with van der Waals surface area (Å²) in [4.78, 5) is 8.51. The lowest BCUT2D eigenvalue weighted by atomic mass is 9.75. The molecule has 1 heterocycles. The maximum atomic E-state index is 6.20. The first-order chi connectivity index (χ1) is 6.74. The van der Waals surface area contributed by atoms with E-state index in [0.717, 1.165) is 37.1 Å². The van der Waals surface area contributed by atoms with Gasteiger partial charge in [-0.3, -0.25) is 0 Å². The molecule has 0 atom stereocenters. The van der Waals surface area contributed by atoms with Crippen LogP contribution in [0.25, 0.3) is 0 Å². The van der Waals surface area contributed by atoms with Crippen molar-refractivity contribution in [1.82, 2.24) is 9.97 Å². The molecule has 3 heteroatoms. The lowest BCUT2D eigenvalue weighted by Gasteiger charge is -2.37. The van der Waals surface area contributed by atoms with Crippen molar-refractivity contribution in [3.8, 4) is 0 Å². The Morgan fingerprint density at radius 2 is 2.21 bits per heavy atom. The van der Waals surface area contributed by atoms with Gasteiger partial charge in [-0.1, -0.05) is 13.3 Å². The average Bonchev–Trinajstić information content (AvgIpc) is 2.15. The van der Waals surface area contributed by atoms with Gasteiger partial charge in [-0.25, -0.2) is 9.97 Å². The van der Waals surface area contributed by atoms with Gasteiger partial charge >= 0.3 is 0 Å². The number of rotatable bonds is 3. The molecule has 0 saturated heterocycles. The van der Waals surface area contributed by atoms with Crippen LogP contribution in [-0.4, -0.2) is 9.97 Å². The van der Waals surface area contributed by atoms with Crippen LogP contribution in [0.15, 0.2) is 12.4 Å². The SMILES string of the molecule is CCCc1cc(C2(N)CCC2)ncn1. The number of hydrogen-bond acceptors (Lipinski definition) is 3. The van der Waals surface area contributed by atoms with Gasteiger partial charge < -0.3 is 5.73 Å². The average molecular weight is 191 g/mol. The Morgan fingerprint density at radius 1 is 1.43 bits per heavy atom. The third-order valence-corrected chi connectivity index (χ3v) is 2.99. The minimum Gasteiger partial charge on any atom is -0.320 e. The summed E-state index contributed by atoms with van der Waals surface area (Å²) in [5, 5.41) is 0. The van der Waals surface area contributed by atoms with E-state index in [1.165, 1.54) is 6.42 Å². The van der Waals surface area contributed by atoms with Crippen molar-refractivity contribution in [2.24, 2.45) is 5.73 Å².